The molecule has 1 heterocycles. The summed E-state index contributed by atoms with van der Waals surface area (Å²) >= 11 is 3.43. The third-order valence-corrected chi connectivity index (χ3v) is 4.45. The topological polar surface area (TPSA) is 64.2 Å². The molecule has 0 spiro atoms. The summed E-state index contributed by atoms with van der Waals surface area (Å²) in [5.41, 5.74) is 3.04. The van der Waals surface area contributed by atoms with Crippen molar-refractivity contribution in [2.45, 2.75) is 19.9 Å². The van der Waals surface area contributed by atoms with E-state index in [2.05, 4.69) is 21.2 Å². The highest BCUT2D eigenvalue weighted by molar-refractivity contribution is 9.10. The van der Waals surface area contributed by atoms with E-state index < -0.39 is 5.76 Å². The number of hydrogen-bond donors (Lipinski definition) is 1. The first-order valence-electron chi connectivity index (χ1n) is 7.19. The van der Waals surface area contributed by atoms with E-state index in [0.717, 1.165) is 15.7 Å². The number of aryl methyl sites for hydroxylation is 2. The van der Waals surface area contributed by atoms with Crippen molar-refractivity contribution in [1.82, 2.24) is 4.57 Å². The number of carbonyl (C=O) groups excluding carboxylic acids is 1. The zero-order valence-electron chi connectivity index (χ0n) is 12.5. The van der Waals surface area contributed by atoms with Crippen LogP contribution in [-0.4, -0.2) is 10.5 Å². The van der Waals surface area contributed by atoms with Crippen LogP contribution < -0.4 is 11.1 Å². The molecule has 5 nitrogen and oxygen atoms in total. The van der Waals surface area contributed by atoms with Gasteiger partial charge in [-0.3, -0.25) is 9.36 Å². The molecule has 3 rings (SSSR count). The fourth-order valence-electron chi connectivity index (χ4n) is 2.33. The van der Waals surface area contributed by atoms with Crippen molar-refractivity contribution in [2.75, 3.05) is 5.32 Å². The van der Waals surface area contributed by atoms with Gasteiger partial charge in [0.1, 0.15) is 0 Å². The molecule has 0 radical (unpaired) electrons. The second kappa shape index (κ2) is 6.42. The van der Waals surface area contributed by atoms with E-state index in [0.29, 0.717) is 11.1 Å². The molecular weight excluding hydrogens is 360 g/mol. The molecule has 1 aromatic heterocycles. The molecule has 0 saturated heterocycles. The Hall–Kier alpha value is -2.34. The minimum atomic E-state index is -0.447. The van der Waals surface area contributed by atoms with Crippen molar-refractivity contribution in [3.8, 4) is 0 Å². The number of fused-ring (bicyclic) bond motifs is 1. The van der Waals surface area contributed by atoms with Crippen LogP contribution in [0.3, 0.4) is 0 Å². The number of oxazole rings is 1. The average Bonchev–Trinajstić information content (AvgIpc) is 2.84. The van der Waals surface area contributed by atoms with Crippen molar-refractivity contribution in [2.24, 2.45) is 0 Å². The Balaban J connectivity index is 1.70. The van der Waals surface area contributed by atoms with E-state index in [1.165, 1.54) is 4.57 Å². The van der Waals surface area contributed by atoms with Crippen LogP contribution in [-0.2, 0) is 11.3 Å². The largest absolute Gasteiger partial charge is 0.419 e. The number of halogens is 1. The fourth-order valence-corrected chi connectivity index (χ4v) is 2.71. The van der Waals surface area contributed by atoms with Crippen molar-refractivity contribution >= 4 is 38.6 Å². The lowest BCUT2D eigenvalue weighted by Crippen LogP contribution is -2.19. The smallest absolute Gasteiger partial charge is 0.408 e. The maximum atomic E-state index is 12.1. The van der Waals surface area contributed by atoms with Crippen LogP contribution in [0.25, 0.3) is 11.1 Å². The zero-order valence-corrected chi connectivity index (χ0v) is 14.1. The van der Waals surface area contributed by atoms with Crippen LogP contribution in [0.1, 0.15) is 12.0 Å². The van der Waals surface area contributed by atoms with Crippen LogP contribution in [0.5, 0.6) is 0 Å². The molecule has 6 heteroatoms. The second-order valence-electron chi connectivity index (χ2n) is 5.25. The Morgan fingerprint density at radius 2 is 2.04 bits per heavy atom. The van der Waals surface area contributed by atoms with Gasteiger partial charge in [0.15, 0.2) is 5.58 Å². The van der Waals surface area contributed by atoms with Gasteiger partial charge >= 0.3 is 5.76 Å². The highest BCUT2D eigenvalue weighted by Gasteiger charge is 2.10. The van der Waals surface area contributed by atoms with Gasteiger partial charge < -0.3 is 9.73 Å². The Kier molecular flexibility index (Phi) is 4.34. The second-order valence-corrected chi connectivity index (χ2v) is 6.10. The maximum absolute atomic E-state index is 12.1. The summed E-state index contributed by atoms with van der Waals surface area (Å²) in [4.78, 5) is 23.9. The van der Waals surface area contributed by atoms with E-state index in [1.807, 2.05) is 31.2 Å². The SMILES string of the molecule is Cc1ccc(NC(=O)CCn2c(=O)oc3ccccc32)cc1Br. The van der Waals surface area contributed by atoms with Crippen molar-refractivity contribution in [3.05, 3.63) is 63.1 Å². The van der Waals surface area contributed by atoms with Gasteiger partial charge in [0, 0.05) is 23.1 Å². The summed E-state index contributed by atoms with van der Waals surface area (Å²) in [6, 6.07) is 12.8. The number of para-hydroxylation sites is 2. The van der Waals surface area contributed by atoms with Gasteiger partial charge in [-0.05, 0) is 36.8 Å². The van der Waals surface area contributed by atoms with Gasteiger partial charge in [-0.2, -0.15) is 0 Å². The van der Waals surface area contributed by atoms with Gasteiger partial charge in [-0.15, -0.1) is 0 Å². The van der Waals surface area contributed by atoms with Crippen molar-refractivity contribution in [1.29, 1.82) is 0 Å². The first-order valence-corrected chi connectivity index (χ1v) is 7.98. The number of anilines is 1. The highest BCUT2D eigenvalue weighted by atomic mass is 79.9. The molecule has 3 aromatic rings. The summed E-state index contributed by atoms with van der Waals surface area (Å²) in [7, 11) is 0. The molecule has 1 N–H and O–H groups in total. The van der Waals surface area contributed by atoms with Crippen LogP contribution in [0, 0.1) is 6.92 Å². The number of nitrogens with one attached hydrogen (secondary N) is 1. The Morgan fingerprint density at radius 1 is 1.26 bits per heavy atom. The van der Waals surface area contributed by atoms with Crippen LogP contribution in [0.4, 0.5) is 5.69 Å². The van der Waals surface area contributed by atoms with Gasteiger partial charge in [0.2, 0.25) is 5.91 Å². The van der Waals surface area contributed by atoms with E-state index in [1.54, 1.807) is 18.2 Å². The van der Waals surface area contributed by atoms with Crippen LogP contribution in [0.2, 0.25) is 0 Å². The molecule has 2 aromatic carbocycles. The van der Waals surface area contributed by atoms with E-state index in [-0.39, 0.29) is 18.9 Å². The van der Waals surface area contributed by atoms with E-state index in [4.69, 9.17) is 4.42 Å². The lowest BCUT2D eigenvalue weighted by Gasteiger charge is -2.07. The Bertz CT molecular complexity index is 927. The molecule has 0 unspecified atom stereocenters. The summed E-state index contributed by atoms with van der Waals surface area (Å²) < 4.78 is 7.56. The van der Waals surface area contributed by atoms with Gasteiger partial charge in [-0.1, -0.05) is 34.1 Å². The molecule has 1 amide bonds. The quantitative estimate of drug-likeness (QED) is 0.757. The molecule has 0 atom stereocenters. The van der Waals surface area contributed by atoms with E-state index >= 15 is 0 Å². The normalized spacial score (nSPS) is 10.9. The predicted octanol–water partition coefficient (Wildman–Crippen LogP) is 3.69. The number of benzene rings is 2. The number of amides is 1. The van der Waals surface area contributed by atoms with Gasteiger partial charge in [-0.25, -0.2) is 4.79 Å². The Morgan fingerprint density at radius 3 is 2.83 bits per heavy atom. The number of aromatic nitrogens is 1. The third-order valence-electron chi connectivity index (χ3n) is 3.59. The summed E-state index contributed by atoms with van der Waals surface area (Å²) in [5, 5.41) is 2.83. The summed E-state index contributed by atoms with van der Waals surface area (Å²) in [6.07, 6.45) is 0.189. The monoisotopic (exact) mass is 374 g/mol. The zero-order chi connectivity index (χ0) is 16.4. The van der Waals surface area contributed by atoms with Gasteiger partial charge in [0.25, 0.3) is 0 Å². The molecule has 0 bridgehead atoms. The number of hydrogen-bond acceptors (Lipinski definition) is 3. The summed E-state index contributed by atoms with van der Waals surface area (Å²) in [5.74, 6) is -0.602. The molecule has 0 aliphatic heterocycles. The number of rotatable bonds is 4. The molecule has 23 heavy (non-hydrogen) atoms. The fraction of sp³-hybridized carbons (Fsp3) is 0.176. The van der Waals surface area contributed by atoms with Crippen LogP contribution in [0.15, 0.2) is 56.1 Å². The maximum Gasteiger partial charge on any atom is 0.419 e. The molecular formula is C17H15BrN2O3. The lowest BCUT2D eigenvalue weighted by molar-refractivity contribution is -0.116. The predicted molar refractivity (Wildman–Crippen MR) is 92.6 cm³/mol. The van der Waals surface area contributed by atoms with Crippen molar-refractivity contribution < 1.29 is 9.21 Å². The lowest BCUT2D eigenvalue weighted by atomic mass is 10.2. The summed E-state index contributed by atoms with van der Waals surface area (Å²) in [6.45, 7) is 2.25. The average molecular weight is 375 g/mol. The molecule has 118 valence electrons. The first-order chi connectivity index (χ1) is 11.0. The van der Waals surface area contributed by atoms with E-state index in [9.17, 15) is 9.59 Å². The molecule has 0 aliphatic rings. The number of nitrogens with zero attached hydrogens (tertiary/aromatic N) is 1. The highest BCUT2D eigenvalue weighted by Crippen LogP contribution is 2.20. The molecule has 0 saturated carbocycles. The van der Waals surface area contributed by atoms with Crippen molar-refractivity contribution in [3.63, 3.8) is 0 Å². The minimum Gasteiger partial charge on any atom is -0.408 e. The Labute approximate surface area is 141 Å². The van der Waals surface area contributed by atoms with Gasteiger partial charge in [0.05, 0.1) is 5.52 Å². The molecule has 0 fully saturated rings. The standard InChI is InChI=1S/C17H15BrN2O3/c1-11-6-7-12(10-13(11)18)19-16(21)8-9-20-14-4-2-3-5-15(14)23-17(20)22/h2-7,10H,8-9H2,1H3,(H,19,21). The molecule has 0 aliphatic carbocycles. The first kappa shape index (κ1) is 15.6. The minimum absolute atomic E-state index is 0.155. The number of carbonyl (C=O) groups is 1. The van der Waals surface area contributed by atoms with Crippen LogP contribution >= 0.6 is 15.9 Å². The third kappa shape index (κ3) is 3.37.